The maximum Gasteiger partial charge on any atom is 0.236 e. The molecule has 5 heteroatoms. The number of nitrogens with one attached hydrogen (secondary N) is 2. The predicted molar refractivity (Wildman–Crippen MR) is 62.2 cm³/mol. The minimum absolute atomic E-state index is 0.111. The van der Waals surface area contributed by atoms with Gasteiger partial charge in [0.1, 0.15) is 0 Å². The largest absolute Gasteiger partial charge is 0.326 e. The Kier molecular flexibility index (Phi) is 4.20. The first-order chi connectivity index (χ1) is 7.58. The van der Waals surface area contributed by atoms with Crippen LogP contribution in [0.3, 0.4) is 0 Å². The van der Waals surface area contributed by atoms with E-state index in [2.05, 4.69) is 15.8 Å². The summed E-state index contributed by atoms with van der Waals surface area (Å²) in [5.74, 6) is -0.328. The molecule has 0 saturated heterocycles. The second-order valence-corrected chi connectivity index (χ2v) is 3.23. The number of nitrogens with zero attached hydrogens (tertiary/aromatic N) is 1. The van der Waals surface area contributed by atoms with Crippen molar-refractivity contribution in [3.63, 3.8) is 0 Å². The topological polar surface area (TPSA) is 70.6 Å². The number of hydrogen-bond acceptors (Lipinski definition) is 3. The highest BCUT2D eigenvalue weighted by atomic mass is 16.2. The van der Waals surface area contributed by atoms with Gasteiger partial charge in [0.2, 0.25) is 11.8 Å². The lowest BCUT2D eigenvalue weighted by Crippen LogP contribution is -2.12. The smallest absolute Gasteiger partial charge is 0.236 e. The van der Waals surface area contributed by atoms with Gasteiger partial charge >= 0.3 is 0 Å². The molecule has 0 aromatic heterocycles. The van der Waals surface area contributed by atoms with Crippen LogP contribution >= 0.6 is 0 Å². The lowest BCUT2D eigenvalue weighted by atomic mass is 10.2. The summed E-state index contributed by atoms with van der Waals surface area (Å²) in [7, 11) is 0. The maximum absolute atomic E-state index is 10.8. The van der Waals surface area contributed by atoms with Gasteiger partial charge in [0.25, 0.3) is 0 Å². The van der Waals surface area contributed by atoms with Gasteiger partial charge in [0.05, 0.1) is 6.21 Å². The van der Waals surface area contributed by atoms with Crippen LogP contribution in [-0.4, -0.2) is 18.0 Å². The quantitative estimate of drug-likeness (QED) is 0.590. The number of carbonyl (C=O) groups excluding carboxylic acids is 2. The van der Waals surface area contributed by atoms with E-state index in [1.54, 1.807) is 24.3 Å². The Morgan fingerprint density at radius 3 is 2.25 bits per heavy atom. The summed E-state index contributed by atoms with van der Waals surface area (Å²) in [6.45, 7) is 2.84. The summed E-state index contributed by atoms with van der Waals surface area (Å²) < 4.78 is 0. The zero-order valence-electron chi connectivity index (χ0n) is 9.15. The van der Waals surface area contributed by atoms with Gasteiger partial charge in [0.15, 0.2) is 0 Å². The molecule has 0 atom stereocenters. The van der Waals surface area contributed by atoms with Crippen molar-refractivity contribution in [2.75, 3.05) is 5.32 Å². The molecule has 0 heterocycles. The van der Waals surface area contributed by atoms with Crippen LogP contribution in [0.5, 0.6) is 0 Å². The minimum Gasteiger partial charge on any atom is -0.326 e. The van der Waals surface area contributed by atoms with Crippen molar-refractivity contribution in [3.05, 3.63) is 29.8 Å². The van der Waals surface area contributed by atoms with Crippen LogP contribution in [0.4, 0.5) is 5.69 Å². The number of amides is 2. The van der Waals surface area contributed by atoms with E-state index in [1.165, 1.54) is 20.1 Å². The van der Waals surface area contributed by atoms with E-state index in [1.807, 2.05) is 0 Å². The highest BCUT2D eigenvalue weighted by Crippen LogP contribution is 2.07. The van der Waals surface area contributed by atoms with E-state index < -0.39 is 0 Å². The van der Waals surface area contributed by atoms with Crippen LogP contribution < -0.4 is 10.7 Å². The van der Waals surface area contributed by atoms with Gasteiger partial charge in [-0.25, -0.2) is 5.43 Å². The third-order valence-electron chi connectivity index (χ3n) is 1.67. The normalized spacial score (nSPS) is 10.1. The fourth-order valence-corrected chi connectivity index (χ4v) is 1.05. The molecular formula is C11H13N3O2. The van der Waals surface area contributed by atoms with E-state index in [0.29, 0.717) is 0 Å². The van der Waals surface area contributed by atoms with Gasteiger partial charge in [-0.2, -0.15) is 5.10 Å². The van der Waals surface area contributed by atoms with E-state index >= 15 is 0 Å². The van der Waals surface area contributed by atoms with E-state index in [4.69, 9.17) is 0 Å². The van der Waals surface area contributed by atoms with Crippen molar-refractivity contribution in [2.45, 2.75) is 13.8 Å². The van der Waals surface area contributed by atoms with Crippen LogP contribution in [0.25, 0.3) is 0 Å². The molecule has 2 amide bonds. The SMILES string of the molecule is CC(=O)NN=Cc1ccc(NC(C)=O)cc1. The molecule has 1 aromatic rings. The molecule has 0 spiro atoms. The number of benzene rings is 1. The molecule has 2 N–H and O–H groups in total. The highest BCUT2D eigenvalue weighted by Gasteiger charge is 1.94. The van der Waals surface area contributed by atoms with Gasteiger partial charge in [-0.3, -0.25) is 9.59 Å². The molecule has 84 valence electrons. The van der Waals surface area contributed by atoms with E-state index in [0.717, 1.165) is 11.3 Å². The fraction of sp³-hybridized carbons (Fsp3) is 0.182. The molecule has 0 bridgehead atoms. The summed E-state index contributed by atoms with van der Waals surface area (Å²) in [4.78, 5) is 21.3. The van der Waals surface area contributed by atoms with Crippen molar-refractivity contribution in [1.82, 2.24) is 5.43 Å². The number of hydrogen-bond donors (Lipinski definition) is 2. The van der Waals surface area contributed by atoms with Gasteiger partial charge in [-0.05, 0) is 17.7 Å². The molecule has 1 aromatic carbocycles. The zero-order chi connectivity index (χ0) is 12.0. The van der Waals surface area contributed by atoms with Gasteiger partial charge in [-0.1, -0.05) is 12.1 Å². The molecule has 1 rings (SSSR count). The Morgan fingerprint density at radius 1 is 1.12 bits per heavy atom. The molecule has 0 fully saturated rings. The Labute approximate surface area is 93.5 Å². The number of rotatable bonds is 3. The summed E-state index contributed by atoms with van der Waals surface area (Å²) in [5.41, 5.74) is 3.86. The van der Waals surface area contributed by atoms with Gasteiger partial charge in [-0.15, -0.1) is 0 Å². The Morgan fingerprint density at radius 2 is 1.75 bits per heavy atom. The lowest BCUT2D eigenvalue weighted by molar-refractivity contribution is -0.119. The van der Waals surface area contributed by atoms with Crippen LogP contribution in [0, 0.1) is 0 Å². The molecule has 0 saturated carbocycles. The van der Waals surface area contributed by atoms with Crippen LogP contribution in [0.1, 0.15) is 19.4 Å². The number of hydrazone groups is 1. The molecule has 0 aliphatic rings. The summed E-state index contributed by atoms with van der Waals surface area (Å²) in [6, 6.07) is 7.10. The fourth-order valence-electron chi connectivity index (χ4n) is 1.05. The van der Waals surface area contributed by atoms with Gasteiger partial charge < -0.3 is 5.32 Å². The highest BCUT2D eigenvalue weighted by molar-refractivity contribution is 5.89. The Balaban J connectivity index is 2.60. The van der Waals surface area contributed by atoms with Crippen molar-refractivity contribution in [1.29, 1.82) is 0 Å². The molecule has 5 nitrogen and oxygen atoms in total. The average Bonchev–Trinajstić information content (AvgIpc) is 2.19. The second-order valence-electron chi connectivity index (χ2n) is 3.23. The molecule has 0 radical (unpaired) electrons. The van der Waals surface area contributed by atoms with E-state index in [-0.39, 0.29) is 11.8 Å². The van der Waals surface area contributed by atoms with Crippen molar-refractivity contribution < 1.29 is 9.59 Å². The Hall–Kier alpha value is -2.17. The first-order valence-corrected chi connectivity index (χ1v) is 4.75. The minimum atomic E-state index is -0.217. The van der Waals surface area contributed by atoms with Crippen molar-refractivity contribution in [3.8, 4) is 0 Å². The van der Waals surface area contributed by atoms with Crippen molar-refractivity contribution in [2.24, 2.45) is 5.10 Å². The van der Waals surface area contributed by atoms with Crippen LogP contribution in [0.15, 0.2) is 29.4 Å². The standard InChI is InChI=1S/C11H13N3O2/c1-8(15)13-11-5-3-10(4-6-11)7-12-14-9(2)16/h3-7H,1-2H3,(H,13,15)(H,14,16). The third-order valence-corrected chi connectivity index (χ3v) is 1.67. The first kappa shape index (κ1) is 11.9. The predicted octanol–water partition coefficient (Wildman–Crippen LogP) is 1.12. The van der Waals surface area contributed by atoms with Crippen molar-refractivity contribution >= 4 is 23.7 Å². The monoisotopic (exact) mass is 219 g/mol. The Bertz CT molecular complexity index is 410. The molecular weight excluding hydrogens is 206 g/mol. The second kappa shape index (κ2) is 5.65. The average molecular weight is 219 g/mol. The zero-order valence-corrected chi connectivity index (χ0v) is 9.15. The third kappa shape index (κ3) is 4.36. The maximum atomic E-state index is 10.8. The summed E-state index contributed by atoms with van der Waals surface area (Å²) in [6.07, 6.45) is 1.53. The number of anilines is 1. The molecule has 0 aliphatic carbocycles. The molecule has 16 heavy (non-hydrogen) atoms. The lowest BCUT2D eigenvalue weighted by Gasteiger charge is -2.01. The summed E-state index contributed by atoms with van der Waals surface area (Å²) in [5, 5.41) is 6.37. The van der Waals surface area contributed by atoms with E-state index in [9.17, 15) is 9.59 Å². The van der Waals surface area contributed by atoms with Crippen LogP contribution in [-0.2, 0) is 9.59 Å². The summed E-state index contributed by atoms with van der Waals surface area (Å²) >= 11 is 0. The molecule has 0 unspecified atom stereocenters. The first-order valence-electron chi connectivity index (χ1n) is 4.75. The molecule has 0 aliphatic heterocycles. The number of carbonyl (C=O) groups is 2. The van der Waals surface area contributed by atoms with Crippen LogP contribution in [0.2, 0.25) is 0 Å². The van der Waals surface area contributed by atoms with Gasteiger partial charge in [0, 0.05) is 19.5 Å².